The minimum absolute atomic E-state index is 0.886. The van der Waals surface area contributed by atoms with Gasteiger partial charge in [0.25, 0.3) is 0 Å². The molecule has 4 nitrogen and oxygen atoms in total. The number of hydrogen-bond donors (Lipinski definition) is 1. The summed E-state index contributed by atoms with van der Waals surface area (Å²) in [6, 6.07) is 1.88. The van der Waals surface area contributed by atoms with E-state index in [-0.39, 0.29) is 0 Å². The van der Waals surface area contributed by atoms with E-state index < -0.39 is 0 Å². The van der Waals surface area contributed by atoms with Crippen molar-refractivity contribution in [3.05, 3.63) is 29.7 Å². The fraction of sp³-hybridized carbons (Fsp3) is 0.364. The smallest absolute Gasteiger partial charge is 0.142 e. The molecule has 84 valence electrons. The molecule has 0 aliphatic heterocycles. The maximum atomic E-state index is 4.35. The predicted octanol–water partition coefficient (Wildman–Crippen LogP) is 2.10. The minimum atomic E-state index is 0.886. The monoisotopic (exact) mass is 234 g/mol. The molecule has 0 fully saturated rings. The third kappa shape index (κ3) is 2.84. The molecule has 1 N–H and O–H groups in total. The molecule has 0 radical (unpaired) electrons. The fourth-order valence-corrected chi connectivity index (χ4v) is 2.17. The highest BCUT2D eigenvalue weighted by molar-refractivity contribution is 7.14. The zero-order chi connectivity index (χ0) is 11.2. The first kappa shape index (κ1) is 11.2. The predicted molar refractivity (Wildman–Crippen MR) is 65.1 cm³/mol. The van der Waals surface area contributed by atoms with Crippen LogP contribution in [-0.4, -0.2) is 21.5 Å². The Hall–Kier alpha value is -1.33. The van der Waals surface area contributed by atoms with Crippen LogP contribution in [0.25, 0.3) is 10.7 Å². The largest absolute Gasteiger partial charge is 0.312 e. The molecule has 0 aliphatic carbocycles. The van der Waals surface area contributed by atoms with E-state index in [0.29, 0.717) is 0 Å². The molecule has 16 heavy (non-hydrogen) atoms. The van der Waals surface area contributed by atoms with Gasteiger partial charge in [-0.2, -0.15) is 0 Å². The molecule has 0 saturated heterocycles. The van der Waals surface area contributed by atoms with Crippen molar-refractivity contribution in [3.63, 3.8) is 0 Å². The molecule has 5 heteroatoms. The van der Waals surface area contributed by atoms with Crippen molar-refractivity contribution >= 4 is 11.3 Å². The molecule has 0 spiro atoms. The van der Waals surface area contributed by atoms with E-state index in [2.05, 4.69) is 27.2 Å². The lowest BCUT2D eigenvalue weighted by Crippen LogP contribution is -2.12. The van der Waals surface area contributed by atoms with Crippen molar-refractivity contribution in [2.24, 2.45) is 0 Å². The summed E-state index contributed by atoms with van der Waals surface area (Å²) in [6.07, 6.45) is 6.34. The van der Waals surface area contributed by atoms with Crippen molar-refractivity contribution in [2.75, 3.05) is 6.54 Å². The maximum Gasteiger partial charge on any atom is 0.142 e. The lowest BCUT2D eigenvalue weighted by molar-refractivity contribution is 0.681. The third-order valence-electron chi connectivity index (χ3n) is 2.08. The second kappa shape index (κ2) is 5.67. The fourth-order valence-electron chi connectivity index (χ4n) is 1.31. The van der Waals surface area contributed by atoms with Crippen molar-refractivity contribution in [3.8, 4) is 10.7 Å². The van der Waals surface area contributed by atoms with E-state index in [1.165, 1.54) is 4.88 Å². The normalized spacial score (nSPS) is 10.6. The Morgan fingerprint density at radius 2 is 2.31 bits per heavy atom. The zero-order valence-electron chi connectivity index (χ0n) is 9.18. The van der Waals surface area contributed by atoms with Crippen LogP contribution in [0.15, 0.2) is 24.8 Å². The Labute approximate surface area is 98.8 Å². The first-order chi connectivity index (χ1) is 7.90. The summed E-state index contributed by atoms with van der Waals surface area (Å²) in [5.41, 5.74) is 0.891. The quantitative estimate of drug-likeness (QED) is 0.805. The van der Waals surface area contributed by atoms with Gasteiger partial charge in [-0.15, -0.1) is 11.3 Å². The molecule has 2 heterocycles. The van der Waals surface area contributed by atoms with E-state index in [0.717, 1.165) is 30.2 Å². The van der Waals surface area contributed by atoms with Gasteiger partial charge in [0.2, 0.25) is 0 Å². The standard InChI is InChI=1S/C11H14N4S/c1-2-4-12-6-9-7-14-11(16-9)10-3-5-13-8-15-10/h3,5,7-8,12H,2,4,6H2,1H3. The summed E-state index contributed by atoms with van der Waals surface area (Å²) < 4.78 is 0. The number of rotatable bonds is 5. The maximum absolute atomic E-state index is 4.35. The molecule has 0 bridgehead atoms. The van der Waals surface area contributed by atoms with Gasteiger partial charge in [-0.3, -0.25) is 0 Å². The van der Waals surface area contributed by atoms with Crippen molar-refractivity contribution in [2.45, 2.75) is 19.9 Å². The van der Waals surface area contributed by atoms with Gasteiger partial charge in [-0.1, -0.05) is 6.92 Å². The van der Waals surface area contributed by atoms with E-state index in [4.69, 9.17) is 0 Å². The van der Waals surface area contributed by atoms with E-state index >= 15 is 0 Å². The molecule has 0 aliphatic rings. The Balaban J connectivity index is 2.02. The number of hydrogen-bond acceptors (Lipinski definition) is 5. The highest BCUT2D eigenvalue weighted by atomic mass is 32.1. The number of nitrogens with one attached hydrogen (secondary N) is 1. The molecular weight excluding hydrogens is 220 g/mol. The Kier molecular flexibility index (Phi) is 3.96. The molecule has 0 saturated carbocycles. The Morgan fingerprint density at radius 1 is 1.38 bits per heavy atom. The van der Waals surface area contributed by atoms with E-state index in [1.54, 1.807) is 23.9 Å². The molecule has 0 unspecified atom stereocenters. The molecule has 0 atom stereocenters. The minimum Gasteiger partial charge on any atom is -0.312 e. The molecule has 2 aromatic rings. The van der Waals surface area contributed by atoms with Crippen LogP contribution in [0.2, 0.25) is 0 Å². The highest BCUT2D eigenvalue weighted by Crippen LogP contribution is 2.22. The average molecular weight is 234 g/mol. The molecular formula is C11H14N4S. The van der Waals surface area contributed by atoms with Gasteiger partial charge in [0.1, 0.15) is 17.0 Å². The van der Waals surface area contributed by atoms with Gasteiger partial charge in [0, 0.05) is 23.8 Å². The number of nitrogens with zero attached hydrogens (tertiary/aromatic N) is 3. The van der Waals surface area contributed by atoms with Gasteiger partial charge in [0.15, 0.2) is 0 Å². The molecule has 0 amide bonds. The summed E-state index contributed by atoms with van der Waals surface area (Å²) >= 11 is 1.67. The van der Waals surface area contributed by atoms with Gasteiger partial charge in [-0.25, -0.2) is 15.0 Å². The topological polar surface area (TPSA) is 50.7 Å². The Morgan fingerprint density at radius 3 is 3.06 bits per heavy atom. The van der Waals surface area contributed by atoms with E-state index in [9.17, 15) is 0 Å². The lowest BCUT2D eigenvalue weighted by Gasteiger charge is -1.97. The second-order valence-electron chi connectivity index (χ2n) is 3.40. The molecule has 2 aromatic heterocycles. The molecule has 0 aromatic carbocycles. The number of thiazole rings is 1. The third-order valence-corrected chi connectivity index (χ3v) is 3.10. The van der Waals surface area contributed by atoms with Crippen LogP contribution in [0.1, 0.15) is 18.2 Å². The van der Waals surface area contributed by atoms with Crippen LogP contribution in [0.5, 0.6) is 0 Å². The summed E-state index contributed by atoms with van der Waals surface area (Å²) in [5.74, 6) is 0. The van der Waals surface area contributed by atoms with Gasteiger partial charge >= 0.3 is 0 Å². The van der Waals surface area contributed by atoms with Crippen LogP contribution in [0.3, 0.4) is 0 Å². The van der Waals surface area contributed by atoms with Gasteiger partial charge in [-0.05, 0) is 19.0 Å². The Bertz CT molecular complexity index is 427. The summed E-state index contributed by atoms with van der Waals surface area (Å²) in [6.45, 7) is 4.09. The van der Waals surface area contributed by atoms with Crippen LogP contribution in [0, 0.1) is 0 Å². The average Bonchev–Trinajstić information content (AvgIpc) is 2.79. The summed E-state index contributed by atoms with van der Waals surface area (Å²) in [7, 11) is 0. The first-order valence-corrected chi connectivity index (χ1v) is 6.13. The van der Waals surface area contributed by atoms with Crippen molar-refractivity contribution < 1.29 is 0 Å². The van der Waals surface area contributed by atoms with Crippen LogP contribution in [-0.2, 0) is 6.54 Å². The van der Waals surface area contributed by atoms with Crippen LogP contribution >= 0.6 is 11.3 Å². The number of aromatic nitrogens is 3. The van der Waals surface area contributed by atoms with Crippen molar-refractivity contribution in [1.29, 1.82) is 0 Å². The summed E-state index contributed by atoms with van der Waals surface area (Å²) in [5, 5.41) is 4.31. The van der Waals surface area contributed by atoms with Crippen molar-refractivity contribution in [1.82, 2.24) is 20.3 Å². The second-order valence-corrected chi connectivity index (χ2v) is 4.52. The SMILES string of the molecule is CCCNCc1cnc(-c2ccncn2)s1. The zero-order valence-corrected chi connectivity index (χ0v) is 10.00. The summed E-state index contributed by atoms with van der Waals surface area (Å²) in [4.78, 5) is 13.7. The van der Waals surface area contributed by atoms with Gasteiger partial charge in [0.05, 0.1) is 0 Å². The van der Waals surface area contributed by atoms with E-state index in [1.807, 2.05) is 12.3 Å². The van der Waals surface area contributed by atoms with Gasteiger partial charge < -0.3 is 5.32 Å². The van der Waals surface area contributed by atoms with Crippen LogP contribution in [0.4, 0.5) is 0 Å². The molecule has 2 rings (SSSR count). The first-order valence-electron chi connectivity index (χ1n) is 5.32. The highest BCUT2D eigenvalue weighted by Gasteiger charge is 2.04. The lowest BCUT2D eigenvalue weighted by atomic mass is 10.4. The van der Waals surface area contributed by atoms with Crippen LogP contribution < -0.4 is 5.32 Å².